The van der Waals surface area contributed by atoms with Gasteiger partial charge in [0.2, 0.25) is 0 Å². The van der Waals surface area contributed by atoms with Crippen LogP contribution in [0.5, 0.6) is 0 Å². The van der Waals surface area contributed by atoms with E-state index in [0.29, 0.717) is 11.8 Å². The van der Waals surface area contributed by atoms with Crippen molar-refractivity contribution in [3.05, 3.63) is 65.2 Å². The van der Waals surface area contributed by atoms with Gasteiger partial charge in [-0.25, -0.2) is 8.78 Å². The summed E-state index contributed by atoms with van der Waals surface area (Å²) in [5.74, 6) is -2.19. The standard InChI is InChI=1S/C17H17F2NO/c1-17(2,3)11-4-7-13(8-5-11)20-16(21)14-9-6-12(18)10-15(14)19/h4-10H,1-3H3,(H,20,21). The van der Waals surface area contributed by atoms with Gasteiger partial charge >= 0.3 is 0 Å². The average Bonchev–Trinajstić information content (AvgIpc) is 2.38. The molecule has 2 nitrogen and oxygen atoms in total. The van der Waals surface area contributed by atoms with Crippen molar-refractivity contribution in [1.82, 2.24) is 0 Å². The quantitative estimate of drug-likeness (QED) is 0.865. The Labute approximate surface area is 122 Å². The molecule has 2 aromatic carbocycles. The van der Waals surface area contributed by atoms with E-state index < -0.39 is 17.5 Å². The van der Waals surface area contributed by atoms with E-state index in [-0.39, 0.29) is 11.0 Å². The van der Waals surface area contributed by atoms with E-state index in [4.69, 9.17) is 0 Å². The van der Waals surface area contributed by atoms with Crippen LogP contribution in [0, 0.1) is 11.6 Å². The van der Waals surface area contributed by atoms with E-state index >= 15 is 0 Å². The third kappa shape index (κ3) is 3.66. The summed E-state index contributed by atoms with van der Waals surface area (Å²) in [6, 6.07) is 10.2. The van der Waals surface area contributed by atoms with Crippen molar-refractivity contribution in [1.29, 1.82) is 0 Å². The second kappa shape index (κ2) is 5.64. The third-order valence-corrected chi connectivity index (χ3v) is 3.18. The first-order valence-electron chi connectivity index (χ1n) is 6.64. The van der Waals surface area contributed by atoms with Crippen LogP contribution in [-0.4, -0.2) is 5.91 Å². The molecule has 0 spiro atoms. The van der Waals surface area contributed by atoms with Gasteiger partial charge in [-0.15, -0.1) is 0 Å². The van der Waals surface area contributed by atoms with Crippen LogP contribution in [0.4, 0.5) is 14.5 Å². The normalized spacial score (nSPS) is 11.3. The fourth-order valence-electron chi connectivity index (χ4n) is 1.93. The molecule has 0 atom stereocenters. The summed E-state index contributed by atoms with van der Waals surface area (Å²) in [5, 5.41) is 2.60. The lowest BCUT2D eigenvalue weighted by atomic mass is 9.87. The zero-order valence-electron chi connectivity index (χ0n) is 12.2. The maximum absolute atomic E-state index is 13.5. The molecule has 0 aliphatic carbocycles. The van der Waals surface area contributed by atoms with E-state index in [1.54, 1.807) is 12.1 Å². The van der Waals surface area contributed by atoms with Crippen LogP contribution >= 0.6 is 0 Å². The molecule has 0 saturated heterocycles. The molecular formula is C17H17F2NO. The van der Waals surface area contributed by atoms with Crippen molar-refractivity contribution >= 4 is 11.6 Å². The van der Waals surface area contributed by atoms with Gasteiger partial charge in [0.05, 0.1) is 5.56 Å². The maximum Gasteiger partial charge on any atom is 0.258 e. The molecule has 0 heterocycles. The lowest BCUT2D eigenvalue weighted by molar-refractivity contribution is 0.102. The topological polar surface area (TPSA) is 29.1 Å². The van der Waals surface area contributed by atoms with Crippen LogP contribution in [0.25, 0.3) is 0 Å². The molecule has 21 heavy (non-hydrogen) atoms. The number of anilines is 1. The highest BCUT2D eigenvalue weighted by molar-refractivity contribution is 6.04. The molecule has 0 aliphatic heterocycles. The maximum atomic E-state index is 13.5. The highest BCUT2D eigenvalue weighted by Gasteiger charge is 2.15. The molecule has 0 bridgehead atoms. The summed E-state index contributed by atoms with van der Waals surface area (Å²) in [6.07, 6.45) is 0. The summed E-state index contributed by atoms with van der Waals surface area (Å²) in [6.45, 7) is 6.28. The minimum absolute atomic E-state index is 0.0194. The molecular weight excluding hydrogens is 272 g/mol. The molecule has 0 aromatic heterocycles. The molecule has 4 heteroatoms. The van der Waals surface area contributed by atoms with Crippen LogP contribution in [0.3, 0.4) is 0 Å². The Morgan fingerprint density at radius 3 is 2.14 bits per heavy atom. The molecule has 1 N–H and O–H groups in total. The lowest BCUT2D eigenvalue weighted by Gasteiger charge is -2.19. The van der Waals surface area contributed by atoms with E-state index in [1.165, 1.54) is 0 Å². The monoisotopic (exact) mass is 289 g/mol. The lowest BCUT2D eigenvalue weighted by Crippen LogP contribution is -2.15. The number of amides is 1. The van der Waals surface area contributed by atoms with Gasteiger partial charge in [0, 0.05) is 11.8 Å². The molecule has 2 rings (SSSR count). The van der Waals surface area contributed by atoms with Crippen molar-refractivity contribution in [2.45, 2.75) is 26.2 Å². The van der Waals surface area contributed by atoms with Gasteiger partial charge in [-0.05, 0) is 35.2 Å². The number of benzene rings is 2. The predicted molar refractivity (Wildman–Crippen MR) is 79.5 cm³/mol. The van der Waals surface area contributed by atoms with E-state index in [1.807, 2.05) is 12.1 Å². The van der Waals surface area contributed by atoms with Crippen molar-refractivity contribution < 1.29 is 13.6 Å². The second-order valence-electron chi connectivity index (χ2n) is 5.91. The summed E-state index contributed by atoms with van der Waals surface area (Å²) < 4.78 is 26.3. The van der Waals surface area contributed by atoms with Gasteiger partial charge in [0.1, 0.15) is 11.6 Å². The number of carbonyl (C=O) groups is 1. The summed E-state index contributed by atoms with van der Waals surface area (Å²) in [5.41, 5.74) is 1.53. The summed E-state index contributed by atoms with van der Waals surface area (Å²) in [7, 11) is 0. The summed E-state index contributed by atoms with van der Waals surface area (Å²) in [4.78, 5) is 12.0. The number of hydrogen-bond donors (Lipinski definition) is 1. The largest absolute Gasteiger partial charge is 0.322 e. The van der Waals surface area contributed by atoms with Crippen molar-refractivity contribution in [3.63, 3.8) is 0 Å². The van der Waals surface area contributed by atoms with Crippen molar-refractivity contribution in [2.24, 2.45) is 0 Å². The van der Waals surface area contributed by atoms with Gasteiger partial charge in [0.15, 0.2) is 0 Å². The molecule has 110 valence electrons. The number of hydrogen-bond acceptors (Lipinski definition) is 1. The predicted octanol–water partition coefficient (Wildman–Crippen LogP) is 4.51. The minimum Gasteiger partial charge on any atom is -0.322 e. The Kier molecular flexibility index (Phi) is 4.07. The molecule has 2 aromatic rings. The zero-order valence-corrected chi connectivity index (χ0v) is 12.2. The first kappa shape index (κ1) is 15.2. The smallest absolute Gasteiger partial charge is 0.258 e. The Balaban J connectivity index is 2.16. The van der Waals surface area contributed by atoms with Crippen LogP contribution in [0.2, 0.25) is 0 Å². The third-order valence-electron chi connectivity index (χ3n) is 3.18. The fraction of sp³-hybridized carbons (Fsp3) is 0.235. The Morgan fingerprint density at radius 2 is 1.62 bits per heavy atom. The number of carbonyl (C=O) groups excluding carboxylic acids is 1. The number of rotatable bonds is 2. The van der Waals surface area contributed by atoms with Crippen LogP contribution in [0.15, 0.2) is 42.5 Å². The minimum atomic E-state index is -0.876. The molecule has 1 amide bonds. The molecule has 0 unspecified atom stereocenters. The van der Waals surface area contributed by atoms with E-state index in [0.717, 1.165) is 17.7 Å². The van der Waals surface area contributed by atoms with Crippen molar-refractivity contribution in [3.8, 4) is 0 Å². The number of halogens is 2. The average molecular weight is 289 g/mol. The first-order valence-corrected chi connectivity index (χ1v) is 6.64. The Bertz CT molecular complexity index is 657. The van der Waals surface area contributed by atoms with E-state index in [2.05, 4.69) is 26.1 Å². The highest BCUT2D eigenvalue weighted by Crippen LogP contribution is 2.23. The van der Waals surface area contributed by atoms with Crippen LogP contribution < -0.4 is 5.32 Å². The fourth-order valence-corrected chi connectivity index (χ4v) is 1.93. The molecule has 0 radical (unpaired) electrons. The SMILES string of the molecule is CC(C)(C)c1ccc(NC(=O)c2ccc(F)cc2F)cc1. The summed E-state index contributed by atoms with van der Waals surface area (Å²) >= 11 is 0. The highest BCUT2D eigenvalue weighted by atomic mass is 19.1. The zero-order chi connectivity index (χ0) is 15.6. The van der Waals surface area contributed by atoms with Crippen molar-refractivity contribution in [2.75, 3.05) is 5.32 Å². The van der Waals surface area contributed by atoms with E-state index in [9.17, 15) is 13.6 Å². The Morgan fingerprint density at radius 1 is 1.00 bits per heavy atom. The van der Waals surface area contributed by atoms with Gasteiger partial charge in [-0.1, -0.05) is 32.9 Å². The second-order valence-corrected chi connectivity index (χ2v) is 5.91. The van der Waals surface area contributed by atoms with Gasteiger partial charge in [0.25, 0.3) is 5.91 Å². The first-order chi connectivity index (χ1) is 9.77. The van der Waals surface area contributed by atoms with Gasteiger partial charge in [-0.3, -0.25) is 4.79 Å². The number of nitrogens with one attached hydrogen (secondary N) is 1. The van der Waals surface area contributed by atoms with Gasteiger partial charge in [-0.2, -0.15) is 0 Å². The van der Waals surface area contributed by atoms with Crippen LogP contribution in [-0.2, 0) is 5.41 Å². The van der Waals surface area contributed by atoms with Gasteiger partial charge < -0.3 is 5.32 Å². The molecule has 0 aliphatic rings. The van der Waals surface area contributed by atoms with Crippen LogP contribution in [0.1, 0.15) is 36.7 Å². The Hall–Kier alpha value is -2.23. The molecule has 0 saturated carbocycles. The molecule has 0 fully saturated rings.